The molecule has 0 saturated heterocycles. The first kappa shape index (κ1) is 13.8. The van der Waals surface area contributed by atoms with Crippen LogP contribution in [0.15, 0.2) is 42.5 Å². The second-order valence-corrected chi connectivity index (χ2v) is 4.64. The van der Waals surface area contributed by atoms with Gasteiger partial charge in [-0.15, -0.1) is 0 Å². The first-order valence-electron chi connectivity index (χ1n) is 5.86. The lowest BCUT2D eigenvalue weighted by Gasteiger charge is -2.12. The van der Waals surface area contributed by atoms with E-state index in [0.717, 1.165) is 11.3 Å². The summed E-state index contributed by atoms with van der Waals surface area (Å²) in [5.74, 6) is 0.350. The van der Waals surface area contributed by atoms with E-state index < -0.39 is 6.10 Å². The summed E-state index contributed by atoms with van der Waals surface area (Å²) in [4.78, 5) is 0. The Hall–Kier alpha value is -1.58. The molecule has 2 nitrogen and oxygen atoms in total. The summed E-state index contributed by atoms with van der Waals surface area (Å²) < 4.78 is 18.0. The van der Waals surface area contributed by atoms with E-state index in [1.807, 2.05) is 0 Å². The molecule has 0 aliphatic heterocycles. The Bertz CT molecular complexity index is 555. The minimum absolute atomic E-state index is 0.326. The van der Waals surface area contributed by atoms with Crippen molar-refractivity contribution in [3.05, 3.63) is 64.4 Å². The normalized spacial score (nSPS) is 12.2. The van der Waals surface area contributed by atoms with Crippen molar-refractivity contribution in [2.75, 3.05) is 7.11 Å². The summed E-state index contributed by atoms with van der Waals surface area (Å²) in [6, 6.07) is 11.3. The van der Waals surface area contributed by atoms with Crippen molar-refractivity contribution in [3.63, 3.8) is 0 Å². The third-order valence-corrected chi connectivity index (χ3v) is 3.28. The number of hydrogen-bond acceptors (Lipinski definition) is 2. The van der Waals surface area contributed by atoms with Crippen molar-refractivity contribution in [1.29, 1.82) is 0 Å². The number of aliphatic hydroxyl groups excluding tert-OH is 1. The largest absolute Gasteiger partial charge is 0.497 e. The second-order valence-electron chi connectivity index (χ2n) is 4.23. The van der Waals surface area contributed by atoms with Crippen LogP contribution in [0.2, 0.25) is 5.02 Å². The van der Waals surface area contributed by atoms with E-state index in [4.69, 9.17) is 16.3 Å². The van der Waals surface area contributed by atoms with Crippen LogP contribution in [0.4, 0.5) is 4.39 Å². The fourth-order valence-corrected chi connectivity index (χ4v) is 2.08. The van der Waals surface area contributed by atoms with Gasteiger partial charge in [-0.3, -0.25) is 0 Å². The van der Waals surface area contributed by atoms with E-state index in [2.05, 4.69) is 0 Å². The van der Waals surface area contributed by atoms with Gasteiger partial charge in [-0.25, -0.2) is 4.39 Å². The summed E-state index contributed by atoms with van der Waals surface area (Å²) >= 11 is 5.94. The van der Waals surface area contributed by atoms with Crippen LogP contribution in [0.1, 0.15) is 17.2 Å². The van der Waals surface area contributed by atoms with Crippen molar-refractivity contribution in [1.82, 2.24) is 0 Å². The van der Waals surface area contributed by atoms with Crippen molar-refractivity contribution >= 4 is 11.6 Å². The summed E-state index contributed by atoms with van der Waals surface area (Å²) in [6.07, 6.45) is -0.348. The van der Waals surface area contributed by atoms with E-state index >= 15 is 0 Å². The predicted molar refractivity (Wildman–Crippen MR) is 73.1 cm³/mol. The van der Waals surface area contributed by atoms with Crippen molar-refractivity contribution < 1.29 is 14.2 Å². The van der Waals surface area contributed by atoms with Crippen LogP contribution in [0, 0.1) is 5.82 Å². The molecule has 0 radical (unpaired) electrons. The number of halogens is 2. The highest BCUT2D eigenvalue weighted by molar-refractivity contribution is 6.31. The van der Waals surface area contributed by atoms with Gasteiger partial charge in [0, 0.05) is 11.4 Å². The number of ether oxygens (including phenoxy) is 1. The van der Waals surface area contributed by atoms with Crippen LogP contribution >= 0.6 is 11.6 Å². The monoisotopic (exact) mass is 280 g/mol. The molecule has 19 heavy (non-hydrogen) atoms. The molecule has 0 bridgehead atoms. The standard InChI is InChI=1S/C15H14ClFO2/c1-19-13-6-3-10(4-7-13)15(18)8-11-2-5-12(17)9-14(11)16/h2-7,9,15,18H,8H2,1H3. The Morgan fingerprint density at radius 2 is 1.89 bits per heavy atom. The van der Waals surface area contributed by atoms with Crippen LogP contribution in [0.3, 0.4) is 0 Å². The smallest absolute Gasteiger partial charge is 0.124 e. The highest BCUT2D eigenvalue weighted by Gasteiger charge is 2.11. The van der Waals surface area contributed by atoms with E-state index in [1.165, 1.54) is 12.1 Å². The second kappa shape index (κ2) is 6.04. The molecule has 0 heterocycles. The van der Waals surface area contributed by atoms with E-state index in [-0.39, 0.29) is 5.82 Å². The topological polar surface area (TPSA) is 29.5 Å². The van der Waals surface area contributed by atoms with Crippen molar-refractivity contribution in [2.24, 2.45) is 0 Å². The molecule has 2 rings (SSSR count). The summed E-state index contributed by atoms with van der Waals surface area (Å²) in [6.45, 7) is 0. The van der Waals surface area contributed by atoms with Gasteiger partial charge in [0.05, 0.1) is 13.2 Å². The number of benzene rings is 2. The molecule has 0 saturated carbocycles. The molecule has 1 atom stereocenters. The molecule has 4 heteroatoms. The van der Waals surface area contributed by atoms with Crippen molar-refractivity contribution in [2.45, 2.75) is 12.5 Å². The van der Waals surface area contributed by atoms with Gasteiger partial charge < -0.3 is 9.84 Å². The minimum Gasteiger partial charge on any atom is -0.497 e. The van der Waals surface area contributed by atoms with E-state index in [1.54, 1.807) is 37.4 Å². The highest BCUT2D eigenvalue weighted by atomic mass is 35.5. The molecule has 0 spiro atoms. The minimum atomic E-state index is -0.686. The zero-order valence-electron chi connectivity index (χ0n) is 10.4. The van der Waals surface area contributed by atoms with E-state index in [0.29, 0.717) is 17.0 Å². The number of methoxy groups -OCH3 is 1. The van der Waals surface area contributed by atoms with E-state index in [9.17, 15) is 9.50 Å². The maximum absolute atomic E-state index is 12.9. The van der Waals surface area contributed by atoms with Gasteiger partial charge in [0.25, 0.3) is 0 Å². The Kier molecular flexibility index (Phi) is 4.40. The van der Waals surface area contributed by atoms with Gasteiger partial charge >= 0.3 is 0 Å². The Labute approximate surface area is 116 Å². The molecule has 1 unspecified atom stereocenters. The Balaban J connectivity index is 2.13. The lowest BCUT2D eigenvalue weighted by atomic mass is 10.0. The summed E-state index contributed by atoms with van der Waals surface area (Å²) in [5.41, 5.74) is 1.48. The van der Waals surface area contributed by atoms with Crippen LogP contribution in [-0.2, 0) is 6.42 Å². The van der Waals surface area contributed by atoms with Crippen LogP contribution < -0.4 is 4.74 Å². The number of rotatable bonds is 4. The van der Waals surface area contributed by atoms with Gasteiger partial charge in [-0.05, 0) is 35.4 Å². The van der Waals surface area contributed by atoms with Gasteiger partial charge in [-0.2, -0.15) is 0 Å². The molecular weight excluding hydrogens is 267 g/mol. The third kappa shape index (κ3) is 3.46. The number of aliphatic hydroxyl groups is 1. The SMILES string of the molecule is COc1ccc(C(O)Cc2ccc(F)cc2Cl)cc1. The van der Waals surface area contributed by atoms with Gasteiger partial charge in [-0.1, -0.05) is 29.8 Å². The average molecular weight is 281 g/mol. The fraction of sp³-hybridized carbons (Fsp3) is 0.200. The first-order chi connectivity index (χ1) is 9.10. The van der Waals surface area contributed by atoms with Crippen molar-refractivity contribution in [3.8, 4) is 5.75 Å². The molecule has 100 valence electrons. The number of hydrogen-bond donors (Lipinski definition) is 1. The maximum atomic E-state index is 12.9. The predicted octanol–water partition coefficient (Wildman–Crippen LogP) is 3.76. The first-order valence-corrected chi connectivity index (χ1v) is 6.24. The average Bonchev–Trinajstić information content (AvgIpc) is 2.42. The molecule has 1 N–H and O–H groups in total. The van der Waals surface area contributed by atoms with Gasteiger partial charge in [0.15, 0.2) is 0 Å². The molecule has 2 aromatic carbocycles. The molecule has 0 fully saturated rings. The van der Waals surface area contributed by atoms with Gasteiger partial charge in [0.1, 0.15) is 11.6 Å². The molecule has 0 aromatic heterocycles. The summed E-state index contributed by atoms with van der Waals surface area (Å²) in [7, 11) is 1.59. The Morgan fingerprint density at radius 3 is 2.47 bits per heavy atom. The van der Waals surface area contributed by atoms with Crippen LogP contribution in [-0.4, -0.2) is 12.2 Å². The maximum Gasteiger partial charge on any atom is 0.124 e. The summed E-state index contributed by atoms with van der Waals surface area (Å²) in [5, 5.41) is 10.5. The quantitative estimate of drug-likeness (QED) is 0.924. The molecular formula is C15H14ClFO2. The Morgan fingerprint density at radius 1 is 1.21 bits per heavy atom. The zero-order valence-corrected chi connectivity index (χ0v) is 11.2. The fourth-order valence-electron chi connectivity index (χ4n) is 1.84. The lowest BCUT2D eigenvalue weighted by Crippen LogP contribution is -2.02. The lowest BCUT2D eigenvalue weighted by molar-refractivity contribution is 0.178. The van der Waals surface area contributed by atoms with Gasteiger partial charge in [0.2, 0.25) is 0 Å². The zero-order chi connectivity index (χ0) is 13.8. The molecule has 0 aliphatic carbocycles. The van der Waals surface area contributed by atoms with Crippen LogP contribution in [0.25, 0.3) is 0 Å². The molecule has 2 aromatic rings. The molecule has 0 aliphatic rings. The van der Waals surface area contributed by atoms with Crippen LogP contribution in [0.5, 0.6) is 5.75 Å². The highest BCUT2D eigenvalue weighted by Crippen LogP contribution is 2.25. The molecule has 0 amide bonds. The third-order valence-electron chi connectivity index (χ3n) is 2.93.